The Bertz CT molecular complexity index is 1530. The maximum atomic E-state index is 13.9. The van der Waals surface area contributed by atoms with Crippen molar-refractivity contribution in [2.45, 2.75) is 22.4 Å². The normalized spacial score (nSPS) is 18.0. The molecule has 0 spiro atoms. The fourth-order valence-corrected chi connectivity index (χ4v) is 7.10. The second kappa shape index (κ2) is 13.9. The predicted molar refractivity (Wildman–Crippen MR) is 173 cm³/mol. The molecule has 2 heterocycles. The van der Waals surface area contributed by atoms with Crippen LogP contribution in [-0.4, -0.2) is 64.6 Å². The van der Waals surface area contributed by atoms with E-state index in [1.807, 2.05) is 91.9 Å². The molecular weight excluding hydrogens is 625 g/mol. The first-order valence-corrected chi connectivity index (χ1v) is 16.2. The molecule has 2 aliphatic rings. The van der Waals surface area contributed by atoms with E-state index in [2.05, 4.69) is 5.32 Å². The van der Waals surface area contributed by atoms with Crippen molar-refractivity contribution in [3.05, 3.63) is 124 Å². The van der Waals surface area contributed by atoms with Crippen molar-refractivity contribution < 1.29 is 19.1 Å². The van der Waals surface area contributed by atoms with Gasteiger partial charge in [-0.2, -0.15) is 0 Å². The van der Waals surface area contributed by atoms with E-state index in [1.54, 1.807) is 18.2 Å². The Hall–Kier alpha value is -3.37. The van der Waals surface area contributed by atoms with Gasteiger partial charge in [-0.25, -0.2) is 4.79 Å². The molecule has 2 aliphatic heterocycles. The highest BCUT2D eigenvalue weighted by atomic mass is 35.5. The third-order valence-electron chi connectivity index (χ3n) is 6.77. The lowest BCUT2D eigenvalue weighted by atomic mass is 10.0. The summed E-state index contributed by atoms with van der Waals surface area (Å²) in [5.74, 6) is -0.696. The molecule has 2 unspecified atom stereocenters. The quantitative estimate of drug-likeness (QED) is 0.160. The lowest BCUT2D eigenvalue weighted by molar-refractivity contribution is -0.154. The number of β-lactam (4-membered cyclic amide) rings is 1. The summed E-state index contributed by atoms with van der Waals surface area (Å²) >= 11 is 14.9. The van der Waals surface area contributed by atoms with Crippen molar-refractivity contribution in [2.75, 3.05) is 25.6 Å². The minimum Gasteiger partial charge on any atom is -0.448 e. The van der Waals surface area contributed by atoms with E-state index in [9.17, 15) is 14.4 Å². The molecule has 5 rings (SSSR count). The number of nitrogens with zero attached hydrogens (tertiary/aromatic N) is 2. The van der Waals surface area contributed by atoms with Gasteiger partial charge in [0.15, 0.2) is 6.10 Å². The average Bonchev–Trinajstić information content (AvgIpc) is 3.02. The monoisotopic (exact) mass is 653 g/mol. The van der Waals surface area contributed by atoms with Crippen LogP contribution in [0, 0.1) is 0 Å². The maximum Gasteiger partial charge on any atom is 0.356 e. The average molecular weight is 655 g/mol. The number of carbonyl (C=O) groups excluding carboxylic acids is 3. The van der Waals surface area contributed by atoms with Gasteiger partial charge in [0.1, 0.15) is 17.1 Å². The number of thioether (sulfide) groups is 2. The Balaban J connectivity index is 1.35. The molecule has 0 aliphatic carbocycles. The van der Waals surface area contributed by atoms with Crippen LogP contribution in [0.2, 0.25) is 10.0 Å². The summed E-state index contributed by atoms with van der Waals surface area (Å²) in [7, 11) is 3.76. The highest BCUT2D eigenvalue weighted by Crippen LogP contribution is 2.42. The number of nitrogens with one attached hydrogen (secondary N) is 1. The standard InChI is InChI=1S/C32H29Cl2N3O4S2/c1-36(2)16-15-22-18-43-31-27(35-26(38)19-42-23-13-14-24(33)25(34)17-23)30(39)37(31)28(22)32(40)41-29(20-9-5-3-6-10-20)21-11-7-4-8-12-21/h3-17,27,29,31H,18-19H2,1-2H3,(H,35,38). The predicted octanol–water partition coefficient (Wildman–Crippen LogP) is 6.15. The van der Waals surface area contributed by atoms with E-state index < -0.39 is 23.5 Å². The second-order valence-corrected chi connectivity index (χ2v) is 13.0. The molecule has 1 saturated heterocycles. The zero-order chi connectivity index (χ0) is 30.5. The summed E-state index contributed by atoms with van der Waals surface area (Å²) in [5.41, 5.74) is 2.50. The van der Waals surface area contributed by atoms with E-state index in [4.69, 9.17) is 27.9 Å². The van der Waals surface area contributed by atoms with Gasteiger partial charge in [0, 0.05) is 24.7 Å². The summed E-state index contributed by atoms with van der Waals surface area (Å²) in [5, 5.41) is 3.26. The largest absolute Gasteiger partial charge is 0.448 e. The number of carbonyl (C=O) groups is 3. The zero-order valence-electron chi connectivity index (χ0n) is 23.4. The van der Waals surface area contributed by atoms with Gasteiger partial charge in [-0.15, -0.1) is 23.5 Å². The molecule has 3 aromatic carbocycles. The molecule has 11 heteroatoms. The number of benzene rings is 3. The van der Waals surface area contributed by atoms with E-state index in [0.717, 1.165) is 16.0 Å². The smallest absolute Gasteiger partial charge is 0.356 e. The zero-order valence-corrected chi connectivity index (χ0v) is 26.6. The fraction of sp³-hybridized carbons (Fsp3) is 0.219. The molecule has 1 N–H and O–H groups in total. The van der Waals surface area contributed by atoms with Gasteiger partial charge < -0.3 is 15.0 Å². The Kier molecular flexibility index (Phi) is 10.1. The van der Waals surface area contributed by atoms with Crippen molar-refractivity contribution in [2.24, 2.45) is 0 Å². The van der Waals surface area contributed by atoms with Crippen LogP contribution < -0.4 is 5.32 Å². The number of halogens is 2. The Labute approximate surface area is 269 Å². The lowest BCUT2D eigenvalue weighted by Gasteiger charge is -2.49. The minimum absolute atomic E-state index is 0.0938. The summed E-state index contributed by atoms with van der Waals surface area (Å²) in [4.78, 5) is 44.4. The molecule has 2 amide bonds. The van der Waals surface area contributed by atoms with Gasteiger partial charge in [-0.05, 0) is 47.2 Å². The highest BCUT2D eigenvalue weighted by molar-refractivity contribution is 8.00. The first kappa shape index (κ1) is 31.1. The molecule has 0 bridgehead atoms. The van der Waals surface area contributed by atoms with Crippen molar-refractivity contribution >= 4 is 64.5 Å². The van der Waals surface area contributed by atoms with E-state index >= 15 is 0 Å². The molecule has 43 heavy (non-hydrogen) atoms. The molecular formula is C32H29Cl2N3O4S2. The molecule has 0 radical (unpaired) electrons. The maximum absolute atomic E-state index is 13.9. The topological polar surface area (TPSA) is 79.0 Å². The third-order valence-corrected chi connectivity index (χ3v) is 9.81. The van der Waals surface area contributed by atoms with Crippen molar-refractivity contribution in [3.63, 3.8) is 0 Å². The van der Waals surface area contributed by atoms with Crippen LogP contribution in [0.15, 0.2) is 107 Å². The number of amides is 2. The van der Waals surface area contributed by atoms with Gasteiger partial charge in [0.25, 0.3) is 5.91 Å². The molecule has 0 aromatic heterocycles. The summed E-state index contributed by atoms with van der Waals surface area (Å²) in [6, 6.07) is 23.4. The van der Waals surface area contributed by atoms with Crippen LogP contribution in [-0.2, 0) is 19.1 Å². The van der Waals surface area contributed by atoms with Crippen LogP contribution in [0.1, 0.15) is 17.2 Å². The molecule has 2 atom stereocenters. The summed E-state index contributed by atoms with van der Waals surface area (Å²) in [6.45, 7) is 0. The lowest BCUT2D eigenvalue weighted by Crippen LogP contribution is -2.70. The fourth-order valence-electron chi connectivity index (χ4n) is 4.68. The number of allylic oxidation sites excluding steroid dienone is 1. The van der Waals surface area contributed by atoms with Crippen LogP contribution >= 0.6 is 46.7 Å². The SMILES string of the molecule is CN(C)C=CC1=C(C(=O)OC(c2ccccc2)c2ccccc2)N2C(=O)C(NC(=O)CSc3ccc(Cl)c(Cl)c3)C2SC1. The van der Waals surface area contributed by atoms with Gasteiger partial charge in [0.2, 0.25) is 5.91 Å². The van der Waals surface area contributed by atoms with Gasteiger partial charge in [-0.1, -0.05) is 83.9 Å². The number of hydrogen-bond acceptors (Lipinski definition) is 7. The van der Waals surface area contributed by atoms with Crippen molar-refractivity contribution in [1.29, 1.82) is 0 Å². The number of esters is 1. The first-order valence-electron chi connectivity index (χ1n) is 13.4. The van der Waals surface area contributed by atoms with E-state index in [1.165, 1.54) is 28.4 Å². The molecule has 1 fully saturated rings. The van der Waals surface area contributed by atoms with Crippen molar-refractivity contribution in [3.8, 4) is 0 Å². The number of ether oxygens (including phenoxy) is 1. The van der Waals surface area contributed by atoms with Crippen LogP contribution in [0.5, 0.6) is 0 Å². The minimum atomic E-state index is -0.756. The Morgan fingerprint density at radius 2 is 1.70 bits per heavy atom. The van der Waals surface area contributed by atoms with Crippen LogP contribution in [0.3, 0.4) is 0 Å². The van der Waals surface area contributed by atoms with E-state index in [0.29, 0.717) is 21.4 Å². The molecule has 222 valence electrons. The van der Waals surface area contributed by atoms with Gasteiger partial charge in [0.05, 0.1) is 15.8 Å². The Morgan fingerprint density at radius 3 is 2.30 bits per heavy atom. The second-order valence-electron chi connectivity index (χ2n) is 10.1. The van der Waals surface area contributed by atoms with Crippen LogP contribution in [0.4, 0.5) is 0 Å². The summed E-state index contributed by atoms with van der Waals surface area (Å²) < 4.78 is 6.16. The molecule has 7 nitrogen and oxygen atoms in total. The third kappa shape index (κ3) is 7.24. The molecule has 0 saturated carbocycles. The highest BCUT2D eigenvalue weighted by Gasteiger charge is 2.54. The van der Waals surface area contributed by atoms with Crippen molar-refractivity contribution in [1.82, 2.24) is 15.1 Å². The van der Waals surface area contributed by atoms with Gasteiger partial charge >= 0.3 is 5.97 Å². The molecule has 3 aromatic rings. The first-order chi connectivity index (χ1) is 20.7. The number of fused-ring (bicyclic) bond motifs is 1. The van der Waals surface area contributed by atoms with Crippen LogP contribution in [0.25, 0.3) is 0 Å². The number of hydrogen-bond donors (Lipinski definition) is 1. The van der Waals surface area contributed by atoms with Gasteiger partial charge in [-0.3, -0.25) is 14.5 Å². The number of rotatable bonds is 10. The van der Waals surface area contributed by atoms with E-state index in [-0.39, 0.29) is 23.3 Å². The summed E-state index contributed by atoms with van der Waals surface area (Å²) in [6.07, 6.45) is 2.99. The Morgan fingerprint density at radius 1 is 1.05 bits per heavy atom.